The molecule has 20 heavy (non-hydrogen) atoms. The molecular weight excluding hydrogens is 246 g/mol. The van der Waals surface area contributed by atoms with Crippen LogP contribution in [0.25, 0.3) is 0 Å². The third kappa shape index (κ3) is 2.62. The number of nitrogens with one attached hydrogen (secondary N) is 1. The van der Waals surface area contributed by atoms with Crippen LogP contribution in [0.15, 0.2) is 42.2 Å². The van der Waals surface area contributed by atoms with Gasteiger partial charge in [-0.15, -0.1) is 0 Å². The monoisotopic (exact) mass is 271 g/mol. The second kappa shape index (κ2) is 6.01. The van der Waals surface area contributed by atoms with E-state index in [-0.39, 0.29) is 5.41 Å². The van der Waals surface area contributed by atoms with Crippen LogP contribution in [0.3, 0.4) is 0 Å². The molecule has 1 aliphatic carbocycles. The highest BCUT2D eigenvalue weighted by molar-refractivity contribution is 5.37. The third-order valence-corrected chi connectivity index (χ3v) is 4.54. The van der Waals surface area contributed by atoms with Crippen LogP contribution in [0.5, 0.6) is 0 Å². The van der Waals surface area contributed by atoms with Gasteiger partial charge in [-0.1, -0.05) is 37.3 Å². The van der Waals surface area contributed by atoms with Crippen molar-refractivity contribution in [2.45, 2.75) is 50.5 Å². The van der Waals surface area contributed by atoms with Crippen molar-refractivity contribution in [1.82, 2.24) is 5.32 Å². The lowest BCUT2D eigenvalue weighted by atomic mass is 9.86. The molecule has 1 aromatic rings. The molecule has 0 aromatic heterocycles. The second-order valence-electron chi connectivity index (χ2n) is 6.01. The lowest BCUT2D eigenvalue weighted by Crippen LogP contribution is -2.43. The molecule has 1 saturated carbocycles. The molecule has 0 radical (unpaired) electrons. The average Bonchev–Trinajstić information content (AvgIpc) is 3.31. The van der Waals surface area contributed by atoms with E-state index in [0.717, 1.165) is 32.4 Å². The number of ether oxygens (including phenoxy) is 1. The first-order valence-electron chi connectivity index (χ1n) is 7.98. The normalized spacial score (nSPS) is 21.8. The zero-order chi connectivity index (χ0) is 13.8. The molecule has 3 rings (SSSR count). The predicted octanol–water partition coefficient (Wildman–Crippen LogP) is 3.78. The van der Waals surface area contributed by atoms with Crippen molar-refractivity contribution in [3.8, 4) is 0 Å². The van der Waals surface area contributed by atoms with Gasteiger partial charge in [0.2, 0.25) is 0 Å². The first-order chi connectivity index (χ1) is 9.87. The van der Waals surface area contributed by atoms with E-state index in [1.165, 1.54) is 24.2 Å². The molecule has 1 aliphatic heterocycles. The summed E-state index contributed by atoms with van der Waals surface area (Å²) in [5.41, 5.74) is 1.73. The smallest absolute Gasteiger partial charge is 0.110 e. The zero-order valence-corrected chi connectivity index (χ0v) is 12.4. The predicted molar refractivity (Wildman–Crippen MR) is 82.7 cm³/mol. The minimum atomic E-state index is 0.263. The molecule has 0 saturated heterocycles. The fourth-order valence-electron chi connectivity index (χ4n) is 3.28. The van der Waals surface area contributed by atoms with E-state index in [1.54, 1.807) is 0 Å². The van der Waals surface area contributed by atoms with Crippen LogP contribution in [-0.2, 0) is 10.2 Å². The maximum absolute atomic E-state index is 5.98. The Morgan fingerprint density at radius 3 is 2.65 bits per heavy atom. The highest BCUT2D eigenvalue weighted by Crippen LogP contribution is 2.53. The van der Waals surface area contributed by atoms with Crippen molar-refractivity contribution in [2.75, 3.05) is 13.2 Å². The molecule has 0 spiro atoms. The fourth-order valence-corrected chi connectivity index (χ4v) is 3.28. The minimum Gasteiger partial charge on any atom is -0.497 e. The van der Waals surface area contributed by atoms with Gasteiger partial charge in [0.05, 0.1) is 12.6 Å². The standard InChI is InChI=1S/C18H25NO/c1-2-13-19-17(16-10-6-7-14-20-16)18(11-12-18)15-8-4-3-5-9-15/h3-5,8-10,17,19H,2,6-7,11-14H2,1H3. The summed E-state index contributed by atoms with van der Waals surface area (Å²) in [6, 6.07) is 11.3. The van der Waals surface area contributed by atoms with Gasteiger partial charge < -0.3 is 10.1 Å². The summed E-state index contributed by atoms with van der Waals surface area (Å²) in [4.78, 5) is 0. The number of allylic oxidation sites excluding steroid dienone is 1. The van der Waals surface area contributed by atoms with Crippen molar-refractivity contribution in [1.29, 1.82) is 0 Å². The Hall–Kier alpha value is -1.28. The molecule has 1 N–H and O–H groups in total. The summed E-state index contributed by atoms with van der Waals surface area (Å²) in [5, 5.41) is 3.75. The summed E-state index contributed by atoms with van der Waals surface area (Å²) >= 11 is 0. The van der Waals surface area contributed by atoms with Gasteiger partial charge in [-0.25, -0.2) is 0 Å². The molecule has 1 atom stereocenters. The summed E-state index contributed by atoms with van der Waals surface area (Å²) in [7, 11) is 0. The Kier molecular flexibility index (Phi) is 4.11. The molecule has 1 fully saturated rings. The van der Waals surface area contributed by atoms with E-state index in [0.29, 0.717) is 6.04 Å². The lowest BCUT2D eigenvalue weighted by Gasteiger charge is -2.32. The van der Waals surface area contributed by atoms with E-state index in [9.17, 15) is 0 Å². The summed E-state index contributed by atoms with van der Waals surface area (Å²) in [6.07, 6.45) is 8.31. The van der Waals surface area contributed by atoms with Crippen molar-refractivity contribution in [3.63, 3.8) is 0 Å². The number of hydrogen-bond donors (Lipinski definition) is 1. The molecule has 1 unspecified atom stereocenters. The number of rotatable bonds is 6. The quantitative estimate of drug-likeness (QED) is 0.850. The molecule has 2 aliphatic rings. The molecule has 1 aromatic carbocycles. The van der Waals surface area contributed by atoms with Gasteiger partial charge in [0.1, 0.15) is 5.76 Å². The maximum Gasteiger partial charge on any atom is 0.110 e. The molecule has 108 valence electrons. The first-order valence-corrected chi connectivity index (χ1v) is 7.98. The maximum atomic E-state index is 5.98. The Morgan fingerprint density at radius 1 is 1.25 bits per heavy atom. The average molecular weight is 271 g/mol. The van der Waals surface area contributed by atoms with Crippen LogP contribution in [0.1, 0.15) is 44.6 Å². The zero-order valence-electron chi connectivity index (χ0n) is 12.4. The van der Waals surface area contributed by atoms with Gasteiger partial charge in [0.15, 0.2) is 0 Å². The molecule has 0 amide bonds. The Balaban J connectivity index is 1.87. The molecule has 2 nitrogen and oxygen atoms in total. The van der Waals surface area contributed by atoms with Crippen LogP contribution < -0.4 is 5.32 Å². The van der Waals surface area contributed by atoms with Gasteiger partial charge in [0.25, 0.3) is 0 Å². The van der Waals surface area contributed by atoms with Crippen molar-refractivity contribution in [2.24, 2.45) is 0 Å². The molecule has 0 bridgehead atoms. The van der Waals surface area contributed by atoms with Crippen LogP contribution in [0.2, 0.25) is 0 Å². The second-order valence-corrected chi connectivity index (χ2v) is 6.01. The molecule has 1 heterocycles. The number of hydrogen-bond acceptors (Lipinski definition) is 2. The van der Waals surface area contributed by atoms with Crippen LogP contribution in [0, 0.1) is 0 Å². The summed E-state index contributed by atoms with van der Waals surface area (Å²) in [5.74, 6) is 1.19. The topological polar surface area (TPSA) is 21.3 Å². The Morgan fingerprint density at radius 2 is 2.05 bits per heavy atom. The van der Waals surface area contributed by atoms with Crippen LogP contribution in [0.4, 0.5) is 0 Å². The lowest BCUT2D eigenvalue weighted by molar-refractivity contribution is 0.157. The van der Waals surface area contributed by atoms with E-state index >= 15 is 0 Å². The number of benzene rings is 1. The van der Waals surface area contributed by atoms with Crippen molar-refractivity contribution in [3.05, 3.63) is 47.7 Å². The largest absolute Gasteiger partial charge is 0.497 e. The van der Waals surface area contributed by atoms with E-state index in [1.807, 2.05) is 0 Å². The van der Waals surface area contributed by atoms with E-state index < -0.39 is 0 Å². The van der Waals surface area contributed by atoms with Gasteiger partial charge in [-0.05, 0) is 50.3 Å². The summed E-state index contributed by atoms with van der Waals surface area (Å²) < 4.78 is 5.98. The first kappa shape index (κ1) is 13.7. The summed E-state index contributed by atoms with van der Waals surface area (Å²) in [6.45, 7) is 4.16. The van der Waals surface area contributed by atoms with E-state index in [4.69, 9.17) is 4.74 Å². The van der Waals surface area contributed by atoms with Gasteiger partial charge >= 0.3 is 0 Å². The molecule has 2 heteroatoms. The van der Waals surface area contributed by atoms with Crippen LogP contribution >= 0.6 is 0 Å². The van der Waals surface area contributed by atoms with Crippen molar-refractivity contribution >= 4 is 0 Å². The van der Waals surface area contributed by atoms with E-state index in [2.05, 4.69) is 48.6 Å². The SMILES string of the molecule is CCCNC(C1=CCCCO1)C1(c2ccccc2)CC1. The van der Waals surface area contributed by atoms with Crippen LogP contribution in [-0.4, -0.2) is 19.2 Å². The highest BCUT2D eigenvalue weighted by atomic mass is 16.5. The third-order valence-electron chi connectivity index (χ3n) is 4.54. The Bertz CT molecular complexity index is 462. The fraction of sp³-hybridized carbons (Fsp3) is 0.556. The van der Waals surface area contributed by atoms with Crippen molar-refractivity contribution < 1.29 is 4.74 Å². The van der Waals surface area contributed by atoms with Gasteiger partial charge in [0, 0.05) is 5.41 Å². The Labute approximate surface area is 122 Å². The van der Waals surface area contributed by atoms with Gasteiger partial charge in [-0.2, -0.15) is 0 Å². The molecular formula is C18H25NO. The van der Waals surface area contributed by atoms with Gasteiger partial charge in [-0.3, -0.25) is 0 Å². The highest BCUT2D eigenvalue weighted by Gasteiger charge is 2.52. The minimum absolute atomic E-state index is 0.263.